The number of ether oxygens (including phenoxy) is 1. The van der Waals surface area contributed by atoms with Gasteiger partial charge >= 0.3 is 5.97 Å². The van der Waals surface area contributed by atoms with E-state index in [1.165, 1.54) is 7.11 Å². The van der Waals surface area contributed by atoms with Gasteiger partial charge in [-0.15, -0.1) is 11.3 Å². The number of fused-ring (bicyclic) bond motifs is 2. The molecular formula is C19H21N5O2S. The Labute approximate surface area is 161 Å². The van der Waals surface area contributed by atoms with Crippen LogP contribution in [0.25, 0.3) is 10.2 Å². The number of carbonyl (C=O) groups is 1. The van der Waals surface area contributed by atoms with Crippen LogP contribution in [0.4, 0.5) is 11.8 Å². The number of hydrogen-bond acceptors (Lipinski definition) is 8. The van der Waals surface area contributed by atoms with Gasteiger partial charge in [-0.25, -0.2) is 4.98 Å². The number of aromatic nitrogens is 2. The van der Waals surface area contributed by atoms with Gasteiger partial charge in [-0.3, -0.25) is 4.79 Å². The van der Waals surface area contributed by atoms with Crippen LogP contribution in [0.15, 0.2) is 5.38 Å². The van der Waals surface area contributed by atoms with Crippen LogP contribution in [0.1, 0.15) is 25.3 Å². The molecule has 0 radical (unpaired) electrons. The zero-order valence-electron chi connectivity index (χ0n) is 15.4. The molecule has 5 rings (SSSR count). The van der Waals surface area contributed by atoms with Crippen molar-refractivity contribution in [2.24, 2.45) is 17.8 Å². The summed E-state index contributed by atoms with van der Waals surface area (Å²) in [7, 11) is 1.45. The number of piperidine rings is 1. The summed E-state index contributed by atoms with van der Waals surface area (Å²) in [5.41, 5.74) is 1.40. The molecule has 0 amide bonds. The van der Waals surface area contributed by atoms with Gasteiger partial charge in [0.25, 0.3) is 0 Å². The first-order valence-corrected chi connectivity index (χ1v) is 10.3. The zero-order chi connectivity index (χ0) is 18.7. The van der Waals surface area contributed by atoms with Crippen LogP contribution >= 0.6 is 11.3 Å². The minimum Gasteiger partial charge on any atom is -0.469 e. The molecule has 8 heteroatoms. The lowest BCUT2D eigenvalue weighted by Gasteiger charge is -2.39. The van der Waals surface area contributed by atoms with E-state index in [9.17, 15) is 10.1 Å². The molecule has 3 fully saturated rings. The molecule has 0 bridgehead atoms. The Kier molecular flexibility index (Phi) is 3.76. The van der Waals surface area contributed by atoms with Crippen molar-refractivity contribution in [3.63, 3.8) is 0 Å². The first-order chi connectivity index (χ1) is 13.1. The van der Waals surface area contributed by atoms with Crippen molar-refractivity contribution in [1.29, 1.82) is 5.26 Å². The highest BCUT2D eigenvalue weighted by molar-refractivity contribution is 7.18. The van der Waals surface area contributed by atoms with Crippen molar-refractivity contribution in [1.82, 2.24) is 9.97 Å². The standard InChI is InChI=1S/C19H21N5O2S/c1-10-3-4-24(10)19-21-16-11(6-20)9-27-17(16)18(22-19)23-7-13-12(14(13)8-23)5-15(25)26-2/h9-10,12-14H,3-5,7-8H2,1-2H3/t10-,12?,13-,14+/m0/s1. The normalized spacial score (nSPS) is 28.6. The van der Waals surface area contributed by atoms with Gasteiger partial charge in [-0.1, -0.05) is 0 Å². The quantitative estimate of drug-likeness (QED) is 0.750. The summed E-state index contributed by atoms with van der Waals surface area (Å²) in [6, 6.07) is 2.71. The lowest BCUT2D eigenvalue weighted by atomic mass is 10.1. The molecule has 2 aromatic rings. The Morgan fingerprint density at radius 1 is 1.41 bits per heavy atom. The number of carbonyl (C=O) groups excluding carboxylic acids is 1. The van der Waals surface area contributed by atoms with E-state index in [4.69, 9.17) is 14.7 Å². The number of thiophene rings is 1. The van der Waals surface area contributed by atoms with Crippen LogP contribution in [0, 0.1) is 29.1 Å². The highest BCUT2D eigenvalue weighted by atomic mass is 32.1. The van der Waals surface area contributed by atoms with Gasteiger partial charge in [0.2, 0.25) is 5.95 Å². The van der Waals surface area contributed by atoms with Crippen LogP contribution < -0.4 is 9.80 Å². The van der Waals surface area contributed by atoms with Gasteiger partial charge in [0.1, 0.15) is 11.6 Å². The predicted octanol–water partition coefficient (Wildman–Crippen LogP) is 2.41. The van der Waals surface area contributed by atoms with Crippen molar-refractivity contribution >= 4 is 39.3 Å². The fourth-order valence-electron chi connectivity index (χ4n) is 4.53. The number of nitriles is 1. The second kappa shape index (κ2) is 6.06. The van der Waals surface area contributed by atoms with Crippen molar-refractivity contribution in [3.8, 4) is 6.07 Å². The summed E-state index contributed by atoms with van der Waals surface area (Å²) in [5.74, 6) is 3.09. The lowest BCUT2D eigenvalue weighted by Crippen LogP contribution is -2.46. The first kappa shape index (κ1) is 16.8. The Bertz CT molecular complexity index is 955. The maximum atomic E-state index is 11.6. The van der Waals surface area contributed by atoms with E-state index in [-0.39, 0.29) is 5.97 Å². The summed E-state index contributed by atoms with van der Waals surface area (Å²) < 4.78 is 5.81. The number of methoxy groups -OCH3 is 1. The maximum absolute atomic E-state index is 11.6. The van der Waals surface area contributed by atoms with Crippen molar-refractivity contribution in [2.45, 2.75) is 25.8 Å². The number of rotatable bonds is 4. The third-order valence-electron chi connectivity index (χ3n) is 6.38. The highest BCUT2D eigenvalue weighted by Gasteiger charge is 2.56. The molecule has 4 heterocycles. The van der Waals surface area contributed by atoms with E-state index in [2.05, 4.69) is 22.8 Å². The largest absolute Gasteiger partial charge is 0.469 e. The van der Waals surface area contributed by atoms with E-state index in [0.717, 1.165) is 48.0 Å². The van der Waals surface area contributed by atoms with Gasteiger partial charge < -0.3 is 14.5 Å². The molecule has 7 nitrogen and oxygen atoms in total. The van der Waals surface area contributed by atoms with Crippen LogP contribution in [-0.2, 0) is 9.53 Å². The first-order valence-electron chi connectivity index (χ1n) is 9.38. The Balaban J connectivity index is 1.45. The molecule has 4 atom stereocenters. The molecule has 0 aromatic carbocycles. The lowest BCUT2D eigenvalue weighted by molar-refractivity contribution is -0.141. The van der Waals surface area contributed by atoms with Crippen LogP contribution in [-0.4, -0.2) is 48.7 Å². The molecule has 2 saturated heterocycles. The molecule has 1 saturated carbocycles. The average Bonchev–Trinajstić information content (AvgIpc) is 3.05. The van der Waals surface area contributed by atoms with Gasteiger partial charge in [-0.2, -0.15) is 10.2 Å². The topological polar surface area (TPSA) is 82.3 Å². The monoisotopic (exact) mass is 383 g/mol. The molecule has 1 aliphatic carbocycles. The fraction of sp³-hybridized carbons (Fsp3) is 0.579. The molecule has 3 aliphatic rings. The third kappa shape index (κ3) is 2.56. The van der Waals surface area contributed by atoms with E-state index in [1.54, 1.807) is 11.3 Å². The second-order valence-corrected chi connectivity index (χ2v) is 8.67. The van der Waals surface area contributed by atoms with Gasteiger partial charge in [0, 0.05) is 37.5 Å². The molecular weight excluding hydrogens is 362 g/mol. The van der Waals surface area contributed by atoms with Crippen LogP contribution in [0.3, 0.4) is 0 Å². The summed E-state index contributed by atoms with van der Waals surface area (Å²) in [6.45, 7) is 4.96. The van der Waals surface area contributed by atoms with Crippen molar-refractivity contribution in [3.05, 3.63) is 10.9 Å². The summed E-state index contributed by atoms with van der Waals surface area (Å²) in [5, 5.41) is 11.3. The van der Waals surface area contributed by atoms with E-state index in [0.29, 0.717) is 35.8 Å². The van der Waals surface area contributed by atoms with Gasteiger partial charge in [0.05, 0.1) is 17.4 Å². The summed E-state index contributed by atoms with van der Waals surface area (Å²) >= 11 is 1.55. The van der Waals surface area contributed by atoms with E-state index < -0.39 is 0 Å². The molecule has 0 spiro atoms. The summed E-state index contributed by atoms with van der Waals surface area (Å²) in [4.78, 5) is 25.7. The fourth-order valence-corrected chi connectivity index (χ4v) is 5.48. The highest BCUT2D eigenvalue weighted by Crippen LogP contribution is 2.55. The van der Waals surface area contributed by atoms with E-state index in [1.807, 2.05) is 5.38 Å². The Hall–Kier alpha value is -2.40. The Morgan fingerprint density at radius 2 is 2.19 bits per heavy atom. The minimum atomic E-state index is -0.114. The zero-order valence-corrected chi connectivity index (χ0v) is 16.2. The molecule has 140 valence electrons. The number of esters is 1. The molecule has 27 heavy (non-hydrogen) atoms. The maximum Gasteiger partial charge on any atom is 0.305 e. The third-order valence-corrected chi connectivity index (χ3v) is 7.35. The number of hydrogen-bond donors (Lipinski definition) is 0. The molecule has 1 unspecified atom stereocenters. The van der Waals surface area contributed by atoms with Gasteiger partial charge in [0.15, 0.2) is 5.82 Å². The smallest absolute Gasteiger partial charge is 0.305 e. The minimum absolute atomic E-state index is 0.114. The predicted molar refractivity (Wildman–Crippen MR) is 103 cm³/mol. The van der Waals surface area contributed by atoms with E-state index >= 15 is 0 Å². The average molecular weight is 383 g/mol. The molecule has 2 aliphatic heterocycles. The van der Waals surface area contributed by atoms with Gasteiger partial charge in [-0.05, 0) is 31.1 Å². The van der Waals surface area contributed by atoms with Crippen molar-refractivity contribution in [2.75, 3.05) is 36.5 Å². The number of nitrogens with zero attached hydrogens (tertiary/aromatic N) is 5. The molecule has 0 N–H and O–H groups in total. The van der Waals surface area contributed by atoms with Crippen molar-refractivity contribution < 1.29 is 9.53 Å². The second-order valence-electron chi connectivity index (χ2n) is 7.79. The van der Waals surface area contributed by atoms with Crippen LogP contribution in [0.5, 0.6) is 0 Å². The Morgan fingerprint density at radius 3 is 2.78 bits per heavy atom. The van der Waals surface area contributed by atoms with Crippen LogP contribution in [0.2, 0.25) is 0 Å². The number of anilines is 2. The summed E-state index contributed by atoms with van der Waals surface area (Å²) in [6.07, 6.45) is 1.67. The SMILES string of the molecule is COC(=O)CC1[C@H]2CN(c3nc(N4CC[C@@H]4C)nc4c(C#N)csc34)C[C@@H]12. The molecule has 2 aromatic heterocycles.